The number of amides is 1. The number of nitrogens with zero attached hydrogens (tertiary/aromatic N) is 3. The molecule has 0 unspecified atom stereocenters. The molecule has 0 bridgehead atoms. The summed E-state index contributed by atoms with van der Waals surface area (Å²) in [6, 6.07) is 0. The zero-order chi connectivity index (χ0) is 19.2. The van der Waals surface area contributed by atoms with Crippen LogP contribution in [-0.2, 0) is 11.3 Å². The first-order valence-corrected chi connectivity index (χ1v) is 10.2. The van der Waals surface area contributed by atoms with E-state index in [1.54, 1.807) is 13.3 Å². The minimum Gasteiger partial charge on any atom is -0.383 e. The quantitative estimate of drug-likeness (QED) is 0.658. The highest BCUT2D eigenvalue weighted by Gasteiger charge is 2.26. The smallest absolute Gasteiger partial charge is 0.307 e. The van der Waals surface area contributed by atoms with Crippen LogP contribution in [0.25, 0.3) is 0 Å². The van der Waals surface area contributed by atoms with Crippen molar-refractivity contribution in [3.63, 3.8) is 0 Å². The van der Waals surface area contributed by atoms with E-state index < -0.39 is 0 Å². The summed E-state index contributed by atoms with van der Waals surface area (Å²) in [5.74, 6) is 0.123. The molecule has 1 amide bonds. The average molecular weight is 394 g/mol. The van der Waals surface area contributed by atoms with Crippen LogP contribution in [0.2, 0.25) is 0 Å². The number of H-pyrrole nitrogens is 1. The monoisotopic (exact) mass is 393 g/mol. The van der Waals surface area contributed by atoms with Crippen LogP contribution in [0, 0.1) is 6.92 Å². The first-order chi connectivity index (χ1) is 13.1. The predicted octanol–water partition coefficient (Wildman–Crippen LogP) is 1.20. The second-order valence-electron chi connectivity index (χ2n) is 6.88. The summed E-state index contributed by atoms with van der Waals surface area (Å²) < 4.78 is 6.81. The number of aromatic amines is 1. The van der Waals surface area contributed by atoms with Gasteiger partial charge in [-0.3, -0.25) is 14.7 Å². The zero-order valence-corrected chi connectivity index (χ0v) is 16.7. The molecule has 148 valence electrons. The topological polar surface area (TPSA) is 92.2 Å². The Kier molecular flexibility index (Phi) is 6.81. The van der Waals surface area contributed by atoms with Crippen molar-refractivity contribution in [3.05, 3.63) is 38.2 Å². The number of likely N-dealkylation sites (tertiary alicyclic amines) is 1. The van der Waals surface area contributed by atoms with Crippen LogP contribution >= 0.6 is 11.3 Å². The van der Waals surface area contributed by atoms with Crippen molar-refractivity contribution in [2.75, 3.05) is 39.9 Å². The molecule has 1 atom stereocenters. The number of carbonyl (C=O) groups excluding carboxylic acids is 1. The molecule has 3 rings (SSSR count). The lowest BCUT2D eigenvalue weighted by molar-refractivity contribution is 0.0934. The van der Waals surface area contributed by atoms with Crippen molar-refractivity contribution < 1.29 is 9.53 Å². The fraction of sp³-hybridized carbons (Fsp3) is 0.611. The Morgan fingerprint density at radius 2 is 2.33 bits per heavy atom. The minimum atomic E-state index is -0.117. The van der Waals surface area contributed by atoms with Crippen LogP contribution in [0.15, 0.2) is 16.4 Å². The highest BCUT2D eigenvalue weighted by Crippen LogP contribution is 2.27. The fourth-order valence-corrected chi connectivity index (χ4v) is 4.32. The van der Waals surface area contributed by atoms with Gasteiger partial charge < -0.3 is 19.5 Å². The van der Waals surface area contributed by atoms with E-state index in [0.29, 0.717) is 25.3 Å². The van der Waals surface area contributed by atoms with E-state index in [2.05, 4.69) is 20.4 Å². The second-order valence-corrected chi connectivity index (χ2v) is 7.70. The van der Waals surface area contributed by atoms with Crippen LogP contribution in [0.5, 0.6) is 0 Å². The molecule has 0 aliphatic carbocycles. The number of hydrogen-bond donors (Lipinski definition) is 2. The molecule has 0 spiro atoms. The molecule has 0 saturated carbocycles. The van der Waals surface area contributed by atoms with Crippen molar-refractivity contribution >= 4 is 17.2 Å². The van der Waals surface area contributed by atoms with Gasteiger partial charge in [0.15, 0.2) is 0 Å². The SMILES string of the molecule is COCCNC(=O)c1cn[nH]c1[C@H]1CCCN(CCn2c(C)csc2=O)C1. The van der Waals surface area contributed by atoms with Gasteiger partial charge in [0, 0.05) is 50.3 Å². The summed E-state index contributed by atoms with van der Waals surface area (Å²) in [4.78, 5) is 26.8. The molecule has 3 heterocycles. The highest BCUT2D eigenvalue weighted by atomic mass is 32.1. The first kappa shape index (κ1) is 19.8. The standard InChI is InChI=1S/C18H27N5O3S/c1-13-12-27-18(25)23(13)8-7-22-6-3-4-14(11-22)16-15(10-20-21-16)17(24)19-5-9-26-2/h10,12,14H,3-9,11H2,1-2H3,(H,19,24)(H,20,21)/t14-/m0/s1. The van der Waals surface area contributed by atoms with Crippen molar-refractivity contribution in [2.24, 2.45) is 0 Å². The summed E-state index contributed by atoms with van der Waals surface area (Å²) >= 11 is 1.25. The van der Waals surface area contributed by atoms with Gasteiger partial charge in [0.1, 0.15) is 0 Å². The van der Waals surface area contributed by atoms with Crippen LogP contribution < -0.4 is 10.2 Å². The molecule has 2 aromatic heterocycles. The Balaban J connectivity index is 1.60. The number of rotatable bonds is 8. The molecule has 1 aliphatic rings. The highest BCUT2D eigenvalue weighted by molar-refractivity contribution is 7.07. The van der Waals surface area contributed by atoms with Crippen LogP contribution in [0.1, 0.15) is 40.5 Å². The number of piperidine rings is 1. The number of aromatic nitrogens is 3. The molecule has 2 aromatic rings. The summed E-state index contributed by atoms with van der Waals surface area (Å²) in [6.45, 7) is 6.33. The van der Waals surface area contributed by atoms with E-state index in [9.17, 15) is 9.59 Å². The van der Waals surface area contributed by atoms with Crippen molar-refractivity contribution in [1.29, 1.82) is 0 Å². The Morgan fingerprint density at radius 3 is 3.07 bits per heavy atom. The summed E-state index contributed by atoms with van der Waals surface area (Å²) in [5.41, 5.74) is 2.53. The van der Waals surface area contributed by atoms with Gasteiger partial charge >= 0.3 is 4.87 Å². The lowest BCUT2D eigenvalue weighted by Gasteiger charge is -2.32. The van der Waals surface area contributed by atoms with Gasteiger partial charge in [0.2, 0.25) is 0 Å². The Morgan fingerprint density at radius 1 is 1.48 bits per heavy atom. The molecule has 8 nitrogen and oxygen atoms in total. The molecule has 1 aliphatic heterocycles. The van der Waals surface area contributed by atoms with Crippen LogP contribution in [0.4, 0.5) is 0 Å². The van der Waals surface area contributed by atoms with Gasteiger partial charge in [-0.15, -0.1) is 0 Å². The van der Waals surface area contributed by atoms with E-state index in [4.69, 9.17) is 4.74 Å². The summed E-state index contributed by atoms with van der Waals surface area (Å²) in [6.07, 6.45) is 3.69. The third-order valence-electron chi connectivity index (χ3n) is 5.04. The van der Waals surface area contributed by atoms with Crippen molar-refractivity contribution in [2.45, 2.75) is 32.2 Å². The van der Waals surface area contributed by atoms with E-state index in [0.717, 1.165) is 43.9 Å². The lowest BCUT2D eigenvalue weighted by atomic mass is 9.92. The predicted molar refractivity (Wildman–Crippen MR) is 105 cm³/mol. The minimum absolute atomic E-state index is 0.102. The fourth-order valence-electron chi connectivity index (χ4n) is 3.56. The third kappa shape index (κ3) is 4.85. The largest absolute Gasteiger partial charge is 0.383 e. The Bertz CT molecular complexity index is 812. The number of methoxy groups -OCH3 is 1. The Labute approximate surface area is 162 Å². The van der Waals surface area contributed by atoms with Gasteiger partial charge in [-0.25, -0.2) is 0 Å². The molecule has 2 N–H and O–H groups in total. The zero-order valence-electron chi connectivity index (χ0n) is 15.9. The average Bonchev–Trinajstić information content (AvgIpc) is 3.28. The normalized spacial score (nSPS) is 17.9. The van der Waals surface area contributed by atoms with Crippen molar-refractivity contribution in [1.82, 2.24) is 25.0 Å². The van der Waals surface area contributed by atoms with E-state index in [1.165, 1.54) is 11.3 Å². The lowest BCUT2D eigenvalue weighted by Crippen LogP contribution is -2.38. The first-order valence-electron chi connectivity index (χ1n) is 9.28. The number of aryl methyl sites for hydroxylation is 1. The molecule has 9 heteroatoms. The van der Waals surface area contributed by atoms with E-state index in [1.807, 2.05) is 16.9 Å². The van der Waals surface area contributed by atoms with Gasteiger partial charge in [0.25, 0.3) is 5.91 Å². The maximum absolute atomic E-state index is 12.4. The van der Waals surface area contributed by atoms with Gasteiger partial charge in [-0.2, -0.15) is 5.10 Å². The third-order valence-corrected chi connectivity index (χ3v) is 5.92. The molecular formula is C18H27N5O3S. The summed E-state index contributed by atoms with van der Waals surface area (Å²) in [5, 5.41) is 11.9. The summed E-state index contributed by atoms with van der Waals surface area (Å²) in [7, 11) is 1.61. The van der Waals surface area contributed by atoms with Gasteiger partial charge in [0.05, 0.1) is 24.1 Å². The van der Waals surface area contributed by atoms with Crippen LogP contribution in [0.3, 0.4) is 0 Å². The number of ether oxygens (including phenoxy) is 1. The Hall–Kier alpha value is -1.97. The molecular weight excluding hydrogens is 366 g/mol. The van der Waals surface area contributed by atoms with E-state index >= 15 is 0 Å². The van der Waals surface area contributed by atoms with Crippen LogP contribution in [-0.4, -0.2) is 65.5 Å². The van der Waals surface area contributed by atoms with Gasteiger partial charge in [-0.1, -0.05) is 11.3 Å². The van der Waals surface area contributed by atoms with E-state index in [-0.39, 0.29) is 16.7 Å². The number of thiazole rings is 1. The molecule has 27 heavy (non-hydrogen) atoms. The van der Waals surface area contributed by atoms with Crippen molar-refractivity contribution in [3.8, 4) is 0 Å². The molecule has 1 saturated heterocycles. The maximum atomic E-state index is 12.4. The number of carbonyl (C=O) groups is 1. The molecule has 1 fully saturated rings. The number of hydrogen-bond acceptors (Lipinski definition) is 6. The van der Waals surface area contributed by atoms with Gasteiger partial charge in [-0.05, 0) is 26.3 Å². The maximum Gasteiger partial charge on any atom is 0.307 e. The second kappa shape index (κ2) is 9.29. The number of nitrogens with one attached hydrogen (secondary N) is 2. The molecule has 0 aromatic carbocycles. The molecule has 0 radical (unpaired) electrons.